The average Bonchev–Trinajstić information content (AvgIpc) is 3.15. The summed E-state index contributed by atoms with van der Waals surface area (Å²) >= 11 is 0. The summed E-state index contributed by atoms with van der Waals surface area (Å²) in [6, 6.07) is 2.15. The fourth-order valence-electron chi connectivity index (χ4n) is 4.22. The average molecular weight is 477 g/mol. The van der Waals surface area contributed by atoms with Crippen LogP contribution in [0.25, 0.3) is 5.82 Å². The zero-order chi connectivity index (χ0) is 24.6. The number of halogens is 4. The first-order valence-corrected chi connectivity index (χ1v) is 10.8. The fraction of sp³-hybridized carbons (Fsp3) is 0.391. The number of pyridine rings is 2. The third-order valence-corrected chi connectivity index (χ3v) is 6.06. The predicted molar refractivity (Wildman–Crippen MR) is 115 cm³/mol. The number of aromatic nitrogens is 4. The lowest BCUT2D eigenvalue weighted by Crippen LogP contribution is -2.19. The summed E-state index contributed by atoms with van der Waals surface area (Å²) in [7, 11) is 0. The molecule has 0 atom stereocenters. The van der Waals surface area contributed by atoms with E-state index in [1.807, 2.05) is 13.0 Å². The molecule has 180 valence electrons. The molecule has 0 aliphatic heterocycles. The number of alkyl halides is 3. The Kier molecular flexibility index (Phi) is 6.39. The molecule has 0 radical (unpaired) electrons. The van der Waals surface area contributed by atoms with Crippen molar-refractivity contribution in [3.05, 3.63) is 64.6 Å². The normalized spacial score (nSPS) is 18.7. The Labute approximate surface area is 192 Å². The number of aliphatic hydroxyl groups excluding tert-OH is 1. The third kappa shape index (κ3) is 4.79. The maximum atomic E-state index is 14.3. The first-order chi connectivity index (χ1) is 16.0. The molecule has 0 aromatic carbocycles. The first-order valence-electron chi connectivity index (χ1n) is 10.8. The van der Waals surface area contributed by atoms with E-state index in [9.17, 15) is 27.5 Å². The van der Waals surface area contributed by atoms with Crippen molar-refractivity contribution in [3.8, 4) is 5.82 Å². The molecule has 0 spiro atoms. The smallest absolute Gasteiger partial charge is 0.393 e. The highest BCUT2D eigenvalue weighted by Crippen LogP contribution is 2.34. The van der Waals surface area contributed by atoms with Crippen LogP contribution in [0.3, 0.4) is 0 Å². The van der Waals surface area contributed by atoms with Crippen molar-refractivity contribution < 1.29 is 27.5 Å². The highest BCUT2D eigenvalue weighted by molar-refractivity contribution is 6.04. The van der Waals surface area contributed by atoms with Gasteiger partial charge in [0.05, 0.1) is 41.0 Å². The second-order valence-electron chi connectivity index (χ2n) is 8.47. The van der Waals surface area contributed by atoms with Gasteiger partial charge in [-0.05, 0) is 57.2 Å². The minimum Gasteiger partial charge on any atom is -0.393 e. The van der Waals surface area contributed by atoms with E-state index in [-0.39, 0.29) is 23.3 Å². The molecule has 34 heavy (non-hydrogen) atoms. The van der Waals surface area contributed by atoms with Gasteiger partial charge in [0, 0.05) is 17.8 Å². The van der Waals surface area contributed by atoms with Crippen LogP contribution >= 0.6 is 0 Å². The number of hydrogen-bond donors (Lipinski definition) is 2. The minimum absolute atomic E-state index is 0.115. The van der Waals surface area contributed by atoms with E-state index < -0.39 is 29.3 Å². The van der Waals surface area contributed by atoms with Crippen LogP contribution in [-0.2, 0) is 6.18 Å². The van der Waals surface area contributed by atoms with Gasteiger partial charge in [-0.3, -0.25) is 9.78 Å². The number of amides is 1. The molecule has 3 heterocycles. The number of rotatable bonds is 4. The lowest BCUT2D eigenvalue weighted by molar-refractivity contribution is -0.138. The number of hydrogen-bond acceptors (Lipinski definition) is 5. The standard InChI is InChI=1S/C23H23F4N5O2/c1-12-7-16(10-28-20(12)14-3-5-17(33)6-4-14)31-22(34)18-11-30-32(13(18)2)21-19(24)8-15(9-29-21)23(25,26)27/h7-11,14,17,33H,3-6H2,1-2H3,(H,31,34)/t14-,17-. The Morgan fingerprint density at radius 1 is 1.09 bits per heavy atom. The van der Waals surface area contributed by atoms with E-state index in [1.54, 1.807) is 6.20 Å². The van der Waals surface area contributed by atoms with Crippen molar-refractivity contribution >= 4 is 11.6 Å². The Morgan fingerprint density at radius 2 is 1.79 bits per heavy atom. The molecule has 0 saturated heterocycles. The minimum atomic E-state index is -4.73. The van der Waals surface area contributed by atoms with Gasteiger partial charge in [-0.15, -0.1) is 0 Å². The maximum absolute atomic E-state index is 14.3. The molecule has 0 unspecified atom stereocenters. The van der Waals surface area contributed by atoms with Crippen molar-refractivity contribution in [2.24, 2.45) is 0 Å². The number of anilines is 1. The quantitative estimate of drug-likeness (QED) is 0.531. The number of aryl methyl sites for hydroxylation is 1. The highest BCUT2D eigenvalue weighted by Gasteiger charge is 2.32. The zero-order valence-corrected chi connectivity index (χ0v) is 18.5. The molecule has 2 N–H and O–H groups in total. The lowest BCUT2D eigenvalue weighted by atomic mass is 9.84. The van der Waals surface area contributed by atoms with Crippen molar-refractivity contribution in [1.82, 2.24) is 19.7 Å². The van der Waals surface area contributed by atoms with Crippen molar-refractivity contribution in [1.29, 1.82) is 0 Å². The van der Waals surface area contributed by atoms with E-state index in [4.69, 9.17) is 0 Å². The predicted octanol–water partition coefficient (Wildman–Crippen LogP) is 4.71. The monoisotopic (exact) mass is 477 g/mol. The van der Waals surface area contributed by atoms with E-state index in [0.717, 1.165) is 41.6 Å². The molecule has 3 aromatic rings. The molecule has 7 nitrogen and oxygen atoms in total. The van der Waals surface area contributed by atoms with Gasteiger partial charge in [0.25, 0.3) is 5.91 Å². The summed E-state index contributed by atoms with van der Waals surface area (Å²) in [6.45, 7) is 3.40. The summed E-state index contributed by atoms with van der Waals surface area (Å²) in [5.74, 6) is -1.91. The topological polar surface area (TPSA) is 92.9 Å². The second-order valence-corrected chi connectivity index (χ2v) is 8.47. The number of aliphatic hydroxyl groups is 1. The van der Waals surface area contributed by atoms with Crippen LogP contribution in [0.4, 0.5) is 23.2 Å². The number of carbonyl (C=O) groups excluding carboxylic acids is 1. The largest absolute Gasteiger partial charge is 0.417 e. The zero-order valence-electron chi connectivity index (χ0n) is 18.5. The Bertz CT molecular complexity index is 1220. The van der Waals surface area contributed by atoms with Gasteiger partial charge in [0.2, 0.25) is 0 Å². The summed E-state index contributed by atoms with van der Waals surface area (Å²) < 4.78 is 53.6. The molecule has 1 aliphatic rings. The number of nitrogens with one attached hydrogen (secondary N) is 1. The molecule has 4 rings (SSSR count). The van der Waals surface area contributed by atoms with E-state index >= 15 is 0 Å². The van der Waals surface area contributed by atoms with Crippen LogP contribution in [-0.4, -0.2) is 36.9 Å². The number of nitrogens with zero attached hydrogens (tertiary/aromatic N) is 4. The van der Waals surface area contributed by atoms with E-state index in [0.29, 0.717) is 18.0 Å². The van der Waals surface area contributed by atoms with Gasteiger partial charge in [0.1, 0.15) is 0 Å². The van der Waals surface area contributed by atoms with Gasteiger partial charge >= 0.3 is 6.18 Å². The van der Waals surface area contributed by atoms with Crippen molar-refractivity contribution in [2.45, 2.75) is 57.7 Å². The molecule has 3 aromatic heterocycles. The molecule has 1 aliphatic carbocycles. The van der Waals surface area contributed by atoms with Crippen LogP contribution in [0.1, 0.15) is 64.5 Å². The van der Waals surface area contributed by atoms with E-state index in [1.165, 1.54) is 13.1 Å². The highest BCUT2D eigenvalue weighted by atomic mass is 19.4. The van der Waals surface area contributed by atoms with Crippen LogP contribution in [0.5, 0.6) is 0 Å². The van der Waals surface area contributed by atoms with Crippen molar-refractivity contribution in [3.63, 3.8) is 0 Å². The van der Waals surface area contributed by atoms with E-state index in [2.05, 4.69) is 20.4 Å². The Hall–Kier alpha value is -3.34. The SMILES string of the molecule is Cc1cc(NC(=O)c2cnn(-c3ncc(C(F)(F)F)cc3F)c2C)cnc1[C@H]1CC[C@H](O)CC1. The summed E-state index contributed by atoms with van der Waals surface area (Å²) in [4.78, 5) is 20.9. The maximum Gasteiger partial charge on any atom is 0.417 e. The van der Waals surface area contributed by atoms with Gasteiger partial charge in [-0.2, -0.15) is 18.3 Å². The van der Waals surface area contributed by atoms with Crippen molar-refractivity contribution in [2.75, 3.05) is 5.32 Å². The Morgan fingerprint density at radius 3 is 2.41 bits per heavy atom. The molecule has 1 amide bonds. The molecule has 0 bridgehead atoms. The second kappa shape index (κ2) is 9.13. The van der Waals surface area contributed by atoms with Crippen LogP contribution in [0.2, 0.25) is 0 Å². The number of carbonyl (C=O) groups is 1. The molecule has 1 fully saturated rings. The van der Waals surface area contributed by atoms with Gasteiger partial charge in [0.15, 0.2) is 11.6 Å². The summed E-state index contributed by atoms with van der Waals surface area (Å²) in [5, 5.41) is 16.4. The summed E-state index contributed by atoms with van der Waals surface area (Å²) in [5.41, 5.74) is 1.44. The van der Waals surface area contributed by atoms with Crippen LogP contribution in [0, 0.1) is 19.7 Å². The molecular weight excluding hydrogens is 454 g/mol. The Balaban J connectivity index is 1.51. The molecular formula is C23H23F4N5O2. The van der Waals surface area contributed by atoms with Crippen LogP contribution < -0.4 is 5.32 Å². The van der Waals surface area contributed by atoms with Gasteiger partial charge in [-0.25, -0.2) is 14.1 Å². The lowest BCUT2D eigenvalue weighted by Gasteiger charge is -2.26. The molecule has 11 heteroatoms. The molecule has 1 saturated carbocycles. The van der Waals surface area contributed by atoms with Gasteiger partial charge in [-0.1, -0.05) is 0 Å². The first kappa shape index (κ1) is 23.8. The van der Waals surface area contributed by atoms with Crippen LogP contribution in [0.15, 0.2) is 30.7 Å². The summed E-state index contributed by atoms with van der Waals surface area (Å²) in [6.07, 6.45) is 1.47. The third-order valence-electron chi connectivity index (χ3n) is 6.06. The van der Waals surface area contributed by atoms with Gasteiger partial charge < -0.3 is 10.4 Å². The fourth-order valence-corrected chi connectivity index (χ4v) is 4.22.